The molecule has 0 bridgehead atoms. The second-order valence-electron chi connectivity index (χ2n) is 6.53. The topological polar surface area (TPSA) is 15.3 Å². The molecule has 2 heteroatoms. The van der Waals surface area contributed by atoms with Crippen molar-refractivity contribution in [1.82, 2.24) is 10.2 Å². The van der Waals surface area contributed by atoms with Crippen LogP contribution in [0.4, 0.5) is 0 Å². The molecule has 0 unspecified atom stereocenters. The second kappa shape index (κ2) is 7.49. The molecule has 0 aromatic rings. The normalized spacial score (nSPS) is 25.8. The molecule has 1 N–H and O–H groups in total. The van der Waals surface area contributed by atoms with E-state index in [2.05, 4.69) is 17.1 Å². The van der Waals surface area contributed by atoms with Crippen LogP contribution >= 0.6 is 0 Å². The number of hydrogen-bond donors (Lipinski definition) is 1. The Balaban J connectivity index is 1.90. The third kappa shape index (κ3) is 4.24. The molecule has 1 heterocycles. The maximum Gasteiger partial charge on any atom is 0.00501 e. The van der Waals surface area contributed by atoms with Gasteiger partial charge in [-0.3, -0.25) is 0 Å². The molecule has 0 radical (unpaired) electrons. The number of nitrogens with zero attached hydrogens (tertiary/aromatic N) is 1. The van der Waals surface area contributed by atoms with Crippen molar-refractivity contribution in [3.8, 4) is 0 Å². The molecule has 0 atom stereocenters. The van der Waals surface area contributed by atoms with Crippen LogP contribution in [0.3, 0.4) is 0 Å². The molecule has 2 rings (SSSR count). The molecule has 0 amide bonds. The van der Waals surface area contributed by atoms with Crippen molar-refractivity contribution in [2.45, 2.75) is 64.7 Å². The molecule has 0 spiro atoms. The maximum atomic E-state index is 3.64. The van der Waals surface area contributed by atoms with Crippen LogP contribution < -0.4 is 5.32 Å². The van der Waals surface area contributed by atoms with E-state index in [9.17, 15) is 0 Å². The summed E-state index contributed by atoms with van der Waals surface area (Å²) in [6.45, 7) is 8.69. The maximum absolute atomic E-state index is 3.64. The predicted molar refractivity (Wildman–Crippen MR) is 79.0 cm³/mol. The van der Waals surface area contributed by atoms with E-state index in [1.54, 1.807) is 0 Å². The van der Waals surface area contributed by atoms with Crippen molar-refractivity contribution in [2.75, 3.05) is 32.7 Å². The van der Waals surface area contributed by atoms with Crippen molar-refractivity contribution in [2.24, 2.45) is 5.41 Å². The molecule has 18 heavy (non-hydrogen) atoms. The van der Waals surface area contributed by atoms with E-state index in [1.165, 1.54) is 84.0 Å². The largest absolute Gasteiger partial charge is 0.316 e. The van der Waals surface area contributed by atoms with Gasteiger partial charge in [-0.1, -0.05) is 39.0 Å². The average Bonchev–Trinajstić information content (AvgIpc) is 2.66. The number of likely N-dealkylation sites (tertiary alicyclic amines) is 1. The highest BCUT2D eigenvalue weighted by molar-refractivity contribution is 4.88. The smallest absolute Gasteiger partial charge is 0.00501 e. The van der Waals surface area contributed by atoms with E-state index in [-0.39, 0.29) is 0 Å². The average molecular weight is 252 g/mol. The van der Waals surface area contributed by atoms with E-state index >= 15 is 0 Å². The Labute approximate surface area is 114 Å². The lowest BCUT2D eigenvalue weighted by atomic mass is 9.73. The Bertz CT molecular complexity index is 213. The summed E-state index contributed by atoms with van der Waals surface area (Å²) in [6.07, 6.45) is 13.1. The van der Waals surface area contributed by atoms with Gasteiger partial charge in [0.15, 0.2) is 0 Å². The van der Waals surface area contributed by atoms with Gasteiger partial charge < -0.3 is 10.2 Å². The Kier molecular flexibility index (Phi) is 5.97. The van der Waals surface area contributed by atoms with Gasteiger partial charge in [-0.25, -0.2) is 0 Å². The second-order valence-corrected chi connectivity index (χ2v) is 6.53. The lowest BCUT2D eigenvalue weighted by Gasteiger charge is -2.41. The predicted octanol–water partition coefficient (Wildman–Crippen LogP) is 3.42. The van der Waals surface area contributed by atoms with Gasteiger partial charge in [-0.15, -0.1) is 0 Å². The van der Waals surface area contributed by atoms with Crippen LogP contribution in [0.2, 0.25) is 0 Å². The molecule has 1 aliphatic carbocycles. The highest BCUT2D eigenvalue weighted by Gasteiger charge is 2.33. The van der Waals surface area contributed by atoms with Gasteiger partial charge in [-0.2, -0.15) is 0 Å². The summed E-state index contributed by atoms with van der Waals surface area (Å²) < 4.78 is 0. The number of rotatable bonds is 5. The quantitative estimate of drug-likeness (QED) is 0.806. The Morgan fingerprint density at radius 3 is 2.11 bits per heavy atom. The summed E-state index contributed by atoms with van der Waals surface area (Å²) in [4.78, 5) is 2.77. The van der Waals surface area contributed by atoms with Crippen LogP contribution in [0.5, 0.6) is 0 Å². The molecular weight excluding hydrogens is 220 g/mol. The Morgan fingerprint density at radius 1 is 0.889 bits per heavy atom. The summed E-state index contributed by atoms with van der Waals surface area (Å²) in [7, 11) is 0. The van der Waals surface area contributed by atoms with Crippen molar-refractivity contribution >= 4 is 0 Å². The molecule has 2 aliphatic rings. The molecule has 0 aromatic heterocycles. The third-order valence-corrected chi connectivity index (χ3v) is 4.92. The van der Waals surface area contributed by atoms with Gasteiger partial charge >= 0.3 is 0 Å². The zero-order valence-electron chi connectivity index (χ0n) is 12.3. The van der Waals surface area contributed by atoms with E-state index in [0.29, 0.717) is 5.41 Å². The minimum atomic E-state index is 0.596. The first-order valence-electron chi connectivity index (χ1n) is 8.28. The number of nitrogens with one attached hydrogen (secondary N) is 1. The van der Waals surface area contributed by atoms with Crippen molar-refractivity contribution in [3.05, 3.63) is 0 Å². The summed E-state index contributed by atoms with van der Waals surface area (Å²) >= 11 is 0. The van der Waals surface area contributed by atoms with E-state index in [4.69, 9.17) is 0 Å². The van der Waals surface area contributed by atoms with Gasteiger partial charge in [-0.05, 0) is 50.7 Å². The Hall–Kier alpha value is -0.0800. The SMILES string of the molecule is CCNCC1(CN2CCCCCC2)CCCCC1. The van der Waals surface area contributed by atoms with Crippen LogP contribution in [0.1, 0.15) is 64.7 Å². The lowest BCUT2D eigenvalue weighted by molar-refractivity contribution is 0.105. The Morgan fingerprint density at radius 2 is 1.50 bits per heavy atom. The van der Waals surface area contributed by atoms with E-state index in [1.807, 2.05) is 0 Å². The van der Waals surface area contributed by atoms with Crippen LogP contribution in [-0.4, -0.2) is 37.6 Å². The van der Waals surface area contributed by atoms with Crippen molar-refractivity contribution < 1.29 is 0 Å². The summed E-state index contributed by atoms with van der Waals surface area (Å²) in [5.74, 6) is 0. The minimum absolute atomic E-state index is 0.596. The standard InChI is InChI=1S/C16H32N2/c1-2-17-14-16(10-6-5-7-11-16)15-18-12-8-3-4-9-13-18/h17H,2-15H2,1H3. The van der Waals surface area contributed by atoms with E-state index in [0.717, 1.165) is 6.54 Å². The fraction of sp³-hybridized carbons (Fsp3) is 1.00. The van der Waals surface area contributed by atoms with Crippen LogP contribution in [-0.2, 0) is 0 Å². The molecule has 1 aliphatic heterocycles. The highest BCUT2D eigenvalue weighted by Crippen LogP contribution is 2.37. The fourth-order valence-electron chi connectivity index (χ4n) is 3.85. The molecule has 106 valence electrons. The summed E-state index contributed by atoms with van der Waals surface area (Å²) in [5, 5.41) is 3.64. The van der Waals surface area contributed by atoms with Crippen LogP contribution in [0.25, 0.3) is 0 Å². The van der Waals surface area contributed by atoms with Crippen LogP contribution in [0.15, 0.2) is 0 Å². The van der Waals surface area contributed by atoms with Crippen LogP contribution in [0, 0.1) is 5.41 Å². The van der Waals surface area contributed by atoms with Gasteiger partial charge in [0.1, 0.15) is 0 Å². The van der Waals surface area contributed by atoms with Gasteiger partial charge in [0.25, 0.3) is 0 Å². The molecule has 2 fully saturated rings. The third-order valence-electron chi connectivity index (χ3n) is 4.92. The van der Waals surface area contributed by atoms with E-state index < -0.39 is 0 Å². The van der Waals surface area contributed by atoms with Gasteiger partial charge in [0, 0.05) is 13.1 Å². The highest BCUT2D eigenvalue weighted by atomic mass is 15.1. The molecule has 2 nitrogen and oxygen atoms in total. The van der Waals surface area contributed by atoms with Gasteiger partial charge in [0.2, 0.25) is 0 Å². The zero-order chi connectivity index (χ0) is 12.7. The first-order chi connectivity index (χ1) is 8.85. The number of hydrogen-bond acceptors (Lipinski definition) is 2. The summed E-state index contributed by atoms with van der Waals surface area (Å²) in [6, 6.07) is 0. The first-order valence-corrected chi connectivity index (χ1v) is 8.28. The fourth-order valence-corrected chi connectivity index (χ4v) is 3.85. The first kappa shape index (κ1) is 14.3. The summed E-state index contributed by atoms with van der Waals surface area (Å²) in [5.41, 5.74) is 0.596. The lowest BCUT2D eigenvalue weighted by Crippen LogP contribution is -2.45. The van der Waals surface area contributed by atoms with Crippen molar-refractivity contribution in [1.29, 1.82) is 0 Å². The monoisotopic (exact) mass is 252 g/mol. The molecule has 1 saturated carbocycles. The van der Waals surface area contributed by atoms with Gasteiger partial charge in [0.05, 0.1) is 0 Å². The molecular formula is C16H32N2. The molecule has 0 aromatic carbocycles. The zero-order valence-corrected chi connectivity index (χ0v) is 12.3. The van der Waals surface area contributed by atoms with Crippen molar-refractivity contribution in [3.63, 3.8) is 0 Å². The minimum Gasteiger partial charge on any atom is -0.316 e. The molecule has 1 saturated heterocycles.